The van der Waals surface area contributed by atoms with E-state index in [9.17, 15) is 4.79 Å². The summed E-state index contributed by atoms with van der Waals surface area (Å²) in [5.41, 5.74) is 3.43. The number of amides is 1. The van der Waals surface area contributed by atoms with E-state index in [4.69, 9.17) is 4.42 Å². The number of aryl methyl sites for hydroxylation is 2. The SMILES string of the molecule is Cc1ccc(NC(=O)c2coc(C3CCCN3)n2)cc1C. The molecule has 110 valence electrons. The lowest BCUT2D eigenvalue weighted by Gasteiger charge is -2.06. The lowest BCUT2D eigenvalue weighted by Crippen LogP contribution is -2.15. The van der Waals surface area contributed by atoms with Crippen molar-refractivity contribution in [3.63, 3.8) is 0 Å². The molecular formula is C16H19N3O2. The van der Waals surface area contributed by atoms with E-state index < -0.39 is 0 Å². The van der Waals surface area contributed by atoms with E-state index in [0.29, 0.717) is 11.6 Å². The van der Waals surface area contributed by atoms with Gasteiger partial charge in [-0.2, -0.15) is 0 Å². The molecule has 1 aliphatic rings. The average Bonchev–Trinajstić information content (AvgIpc) is 3.12. The van der Waals surface area contributed by atoms with Crippen LogP contribution in [0.25, 0.3) is 0 Å². The van der Waals surface area contributed by atoms with E-state index >= 15 is 0 Å². The minimum Gasteiger partial charge on any atom is -0.446 e. The summed E-state index contributed by atoms with van der Waals surface area (Å²) < 4.78 is 5.42. The fourth-order valence-electron chi connectivity index (χ4n) is 2.46. The van der Waals surface area contributed by atoms with Gasteiger partial charge in [-0.05, 0) is 56.5 Å². The van der Waals surface area contributed by atoms with Crippen LogP contribution in [-0.4, -0.2) is 17.4 Å². The highest BCUT2D eigenvalue weighted by Crippen LogP contribution is 2.22. The number of aromatic nitrogens is 1. The second-order valence-electron chi connectivity index (χ2n) is 5.47. The molecule has 0 saturated carbocycles. The number of rotatable bonds is 3. The number of benzene rings is 1. The van der Waals surface area contributed by atoms with Crippen LogP contribution in [0.5, 0.6) is 0 Å². The third kappa shape index (κ3) is 2.97. The fourth-order valence-corrected chi connectivity index (χ4v) is 2.46. The van der Waals surface area contributed by atoms with Gasteiger partial charge < -0.3 is 15.1 Å². The summed E-state index contributed by atoms with van der Waals surface area (Å²) in [4.78, 5) is 16.5. The van der Waals surface area contributed by atoms with Crippen LogP contribution in [-0.2, 0) is 0 Å². The molecule has 1 amide bonds. The van der Waals surface area contributed by atoms with Gasteiger partial charge in [0.2, 0.25) is 5.89 Å². The highest BCUT2D eigenvalue weighted by Gasteiger charge is 2.22. The van der Waals surface area contributed by atoms with Crippen LogP contribution >= 0.6 is 0 Å². The van der Waals surface area contributed by atoms with Crippen molar-refractivity contribution in [2.24, 2.45) is 0 Å². The molecule has 1 aliphatic heterocycles. The minimum absolute atomic E-state index is 0.133. The Morgan fingerprint density at radius 3 is 2.95 bits per heavy atom. The standard InChI is InChI=1S/C16H19N3O2/c1-10-5-6-12(8-11(10)2)18-15(20)14-9-21-16(19-14)13-4-3-7-17-13/h5-6,8-9,13,17H,3-4,7H2,1-2H3,(H,18,20). The zero-order valence-electron chi connectivity index (χ0n) is 12.3. The van der Waals surface area contributed by atoms with Crippen LogP contribution in [0.4, 0.5) is 5.69 Å². The second-order valence-corrected chi connectivity index (χ2v) is 5.47. The van der Waals surface area contributed by atoms with Gasteiger partial charge in [0.15, 0.2) is 5.69 Å². The quantitative estimate of drug-likeness (QED) is 0.909. The molecule has 1 unspecified atom stereocenters. The topological polar surface area (TPSA) is 67.2 Å². The highest BCUT2D eigenvalue weighted by molar-refractivity contribution is 6.02. The van der Waals surface area contributed by atoms with E-state index in [2.05, 4.69) is 15.6 Å². The van der Waals surface area contributed by atoms with Gasteiger partial charge in [0.05, 0.1) is 6.04 Å². The van der Waals surface area contributed by atoms with Gasteiger partial charge in [-0.25, -0.2) is 4.98 Å². The van der Waals surface area contributed by atoms with E-state index in [1.165, 1.54) is 11.8 Å². The number of hydrogen-bond donors (Lipinski definition) is 2. The summed E-state index contributed by atoms with van der Waals surface area (Å²) in [5, 5.41) is 6.15. The van der Waals surface area contributed by atoms with Gasteiger partial charge in [-0.15, -0.1) is 0 Å². The summed E-state index contributed by atoms with van der Waals surface area (Å²) in [6, 6.07) is 5.96. The van der Waals surface area contributed by atoms with Gasteiger partial charge in [-0.1, -0.05) is 6.07 Å². The number of carbonyl (C=O) groups excluding carboxylic acids is 1. The predicted molar refractivity (Wildman–Crippen MR) is 80.3 cm³/mol. The van der Waals surface area contributed by atoms with Gasteiger partial charge in [0, 0.05) is 5.69 Å². The van der Waals surface area contributed by atoms with Gasteiger partial charge >= 0.3 is 0 Å². The number of hydrogen-bond acceptors (Lipinski definition) is 4. The number of anilines is 1. The van der Waals surface area contributed by atoms with Crippen molar-refractivity contribution in [3.8, 4) is 0 Å². The third-order valence-corrected chi connectivity index (χ3v) is 3.88. The van der Waals surface area contributed by atoms with Crippen LogP contribution in [0.2, 0.25) is 0 Å². The third-order valence-electron chi connectivity index (χ3n) is 3.88. The summed E-state index contributed by atoms with van der Waals surface area (Å²) in [7, 11) is 0. The Labute approximate surface area is 123 Å². The molecule has 0 aliphatic carbocycles. The van der Waals surface area contributed by atoms with E-state index in [0.717, 1.165) is 30.6 Å². The molecule has 1 atom stereocenters. The molecule has 2 N–H and O–H groups in total. The average molecular weight is 285 g/mol. The molecule has 1 aromatic heterocycles. The zero-order valence-corrected chi connectivity index (χ0v) is 12.3. The fraction of sp³-hybridized carbons (Fsp3) is 0.375. The van der Waals surface area contributed by atoms with Crippen molar-refractivity contribution in [1.82, 2.24) is 10.3 Å². The van der Waals surface area contributed by atoms with Crippen LogP contribution in [0, 0.1) is 13.8 Å². The number of oxazole rings is 1. The number of nitrogens with one attached hydrogen (secondary N) is 2. The Hall–Kier alpha value is -2.14. The van der Waals surface area contributed by atoms with Gasteiger partial charge in [0.1, 0.15) is 6.26 Å². The molecular weight excluding hydrogens is 266 g/mol. The Morgan fingerprint density at radius 2 is 2.24 bits per heavy atom. The number of nitrogens with zero attached hydrogens (tertiary/aromatic N) is 1. The molecule has 5 nitrogen and oxygen atoms in total. The lowest BCUT2D eigenvalue weighted by atomic mass is 10.1. The summed E-state index contributed by atoms with van der Waals surface area (Å²) >= 11 is 0. The van der Waals surface area contributed by atoms with Crippen molar-refractivity contribution < 1.29 is 9.21 Å². The molecule has 5 heteroatoms. The van der Waals surface area contributed by atoms with E-state index in [-0.39, 0.29) is 11.9 Å². The molecule has 1 saturated heterocycles. The highest BCUT2D eigenvalue weighted by atomic mass is 16.3. The van der Waals surface area contributed by atoms with Gasteiger partial charge in [0.25, 0.3) is 5.91 Å². The molecule has 2 heterocycles. The largest absolute Gasteiger partial charge is 0.446 e. The Morgan fingerprint density at radius 1 is 1.38 bits per heavy atom. The Balaban J connectivity index is 1.71. The smallest absolute Gasteiger partial charge is 0.277 e. The van der Waals surface area contributed by atoms with Gasteiger partial charge in [-0.3, -0.25) is 4.79 Å². The summed E-state index contributed by atoms with van der Waals surface area (Å²) in [5.74, 6) is 0.351. The first-order chi connectivity index (χ1) is 10.1. The molecule has 21 heavy (non-hydrogen) atoms. The second kappa shape index (κ2) is 5.69. The molecule has 2 aromatic rings. The minimum atomic E-state index is -0.244. The molecule has 3 rings (SSSR count). The zero-order chi connectivity index (χ0) is 14.8. The summed E-state index contributed by atoms with van der Waals surface area (Å²) in [6.07, 6.45) is 3.53. The summed E-state index contributed by atoms with van der Waals surface area (Å²) in [6.45, 7) is 5.03. The molecule has 1 aromatic carbocycles. The lowest BCUT2D eigenvalue weighted by molar-refractivity contribution is 0.102. The molecule has 0 bridgehead atoms. The normalized spacial score (nSPS) is 17.9. The van der Waals surface area contributed by atoms with Crippen LogP contribution < -0.4 is 10.6 Å². The Kier molecular flexibility index (Phi) is 3.75. The van der Waals surface area contributed by atoms with E-state index in [1.54, 1.807) is 0 Å². The van der Waals surface area contributed by atoms with Crippen LogP contribution in [0.1, 0.15) is 46.4 Å². The van der Waals surface area contributed by atoms with Crippen molar-refractivity contribution in [2.45, 2.75) is 32.7 Å². The van der Waals surface area contributed by atoms with Crippen LogP contribution in [0.15, 0.2) is 28.9 Å². The molecule has 0 spiro atoms. The van der Waals surface area contributed by atoms with Crippen LogP contribution in [0.3, 0.4) is 0 Å². The first-order valence-electron chi connectivity index (χ1n) is 7.21. The van der Waals surface area contributed by atoms with Crippen molar-refractivity contribution in [1.29, 1.82) is 0 Å². The maximum atomic E-state index is 12.2. The predicted octanol–water partition coefficient (Wildman–Crippen LogP) is 2.97. The first kappa shape index (κ1) is 13.8. The number of carbonyl (C=O) groups is 1. The molecule has 1 fully saturated rings. The molecule has 0 radical (unpaired) electrons. The van der Waals surface area contributed by atoms with Crippen molar-refractivity contribution >= 4 is 11.6 Å². The monoisotopic (exact) mass is 285 g/mol. The van der Waals surface area contributed by atoms with Crippen molar-refractivity contribution in [2.75, 3.05) is 11.9 Å². The Bertz CT molecular complexity index is 657. The van der Waals surface area contributed by atoms with E-state index in [1.807, 2.05) is 32.0 Å². The maximum Gasteiger partial charge on any atom is 0.277 e. The van der Waals surface area contributed by atoms with Crippen molar-refractivity contribution in [3.05, 3.63) is 47.2 Å². The first-order valence-corrected chi connectivity index (χ1v) is 7.21. The maximum absolute atomic E-state index is 12.2.